The Hall–Kier alpha value is 0.160. The van der Waals surface area contributed by atoms with Crippen LogP contribution in [0.15, 0.2) is 0 Å². The van der Waals surface area contributed by atoms with Gasteiger partial charge >= 0.3 is 0 Å². The highest BCUT2D eigenvalue weighted by molar-refractivity contribution is 7.88. The molecule has 0 aliphatic carbocycles. The molecule has 2 heterocycles. The molecule has 2 rings (SSSR count). The fourth-order valence-electron chi connectivity index (χ4n) is 3.21. The average Bonchev–Trinajstić information content (AvgIpc) is 2.33. The molecule has 0 saturated carbocycles. The summed E-state index contributed by atoms with van der Waals surface area (Å²) < 4.78 is 24.9. The molecule has 0 radical (unpaired) electrons. The topological polar surface area (TPSA) is 40.6 Å². The van der Waals surface area contributed by atoms with E-state index in [4.69, 9.17) is 11.6 Å². The molecule has 6 heteroatoms. The third-order valence-corrected chi connectivity index (χ3v) is 6.27. The molecule has 2 fully saturated rings. The van der Waals surface area contributed by atoms with Gasteiger partial charge in [0.1, 0.15) is 0 Å². The number of halogens is 1. The Morgan fingerprint density at radius 1 is 1.21 bits per heavy atom. The van der Waals surface area contributed by atoms with Crippen molar-refractivity contribution in [2.24, 2.45) is 11.8 Å². The Kier molecular flexibility index (Phi) is 5.15. The number of alkyl halides is 1. The summed E-state index contributed by atoms with van der Waals surface area (Å²) in [5.74, 6) is 1.01. The molecule has 0 spiro atoms. The third kappa shape index (κ3) is 4.31. The minimum Gasteiger partial charge on any atom is -0.303 e. The lowest BCUT2D eigenvalue weighted by Gasteiger charge is -2.38. The molecule has 0 aromatic carbocycles. The lowest BCUT2D eigenvalue weighted by Crippen LogP contribution is -2.46. The predicted octanol–water partition coefficient (Wildman–Crippen LogP) is 1.61. The molecule has 0 aromatic heterocycles. The van der Waals surface area contributed by atoms with E-state index in [0.29, 0.717) is 30.3 Å². The third-order valence-electron chi connectivity index (χ3n) is 4.35. The molecule has 0 aromatic rings. The second kappa shape index (κ2) is 6.29. The Labute approximate surface area is 122 Å². The van der Waals surface area contributed by atoms with Crippen molar-refractivity contribution < 1.29 is 8.42 Å². The van der Waals surface area contributed by atoms with Crippen LogP contribution in [-0.2, 0) is 10.0 Å². The summed E-state index contributed by atoms with van der Waals surface area (Å²) in [6, 6.07) is 0. The first-order valence-corrected chi connectivity index (χ1v) is 9.46. The normalized spacial score (nSPS) is 35.4. The van der Waals surface area contributed by atoms with Gasteiger partial charge in [0.15, 0.2) is 0 Å². The number of piperidine rings is 2. The van der Waals surface area contributed by atoms with Gasteiger partial charge in [-0.25, -0.2) is 12.7 Å². The fourth-order valence-corrected chi connectivity index (χ4v) is 4.33. The van der Waals surface area contributed by atoms with Crippen molar-refractivity contribution >= 4 is 21.6 Å². The van der Waals surface area contributed by atoms with E-state index in [0.717, 1.165) is 38.9 Å². The van der Waals surface area contributed by atoms with E-state index in [1.54, 1.807) is 4.31 Å². The first kappa shape index (κ1) is 15.5. The van der Waals surface area contributed by atoms with Crippen LogP contribution in [0.5, 0.6) is 0 Å². The summed E-state index contributed by atoms with van der Waals surface area (Å²) in [4.78, 5) is 2.46. The van der Waals surface area contributed by atoms with Gasteiger partial charge in [0.05, 0.1) is 6.26 Å². The van der Waals surface area contributed by atoms with Crippen LogP contribution in [-0.4, -0.2) is 62.0 Å². The largest absolute Gasteiger partial charge is 0.303 e. The molecule has 19 heavy (non-hydrogen) atoms. The molecule has 0 N–H and O–H groups in total. The van der Waals surface area contributed by atoms with E-state index >= 15 is 0 Å². The maximum atomic E-state index is 11.6. The summed E-state index contributed by atoms with van der Waals surface area (Å²) in [5.41, 5.74) is 0. The molecule has 0 amide bonds. The minimum atomic E-state index is -3.03. The molecular formula is C13H25ClN2O2S. The van der Waals surface area contributed by atoms with Crippen LogP contribution in [0, 0.1) is 11.8 Å². The summed E-state index contributed by atoms with van der Waals surface area (Å²) in [7, 11) is -3.03. The first-order valence-electron chi connectivity index (χ1n) is 7.18. The molecule has 2 saturated heterocycles. The zero-order chi connectivity index (χ0) is 14.0. The molecular weight excluding hydrogens is 284 g/mol. The van der Waals surface area contributed by atoms with Crippen LogP contribution in [0.4, 0.5) is 0 Å². The Bertz CT molecular complexity index is 401. The van der Waals surface area contributed by atoms with Crippen molar-refractivity contribution in [1.82, 2.24) is 9.21 Å². The van der Waals surface area contributed by atoms with Crippen LogP contribution in [0.2, 0.25) is 0 Å². The first-order chi connectivity index (χ1) is 8.86. The summed E-state index contributed by atoms with van der Waals surface area (Å²) in [6.45, 7) is 6.69. The van der Waals surface area contributed by atoms with Crippen LogP contribution in [0.1, 0.15) is 26.2 Å². The number of rotatable bonds is 3. The summed E-state index contributed by atoms with van der Waals surface area (Å²) >= 11 is 6.24. The molecule has 2 aliphatic heterocycles. The summed E-state index contributed by atoms with van der Waals surface area (Å²) in [6.07, 6.45) is 4.49. The number of nitrogens with zero attached hydrogens (tertiary/aromatic N) is 2. The monoisotopic (exact) mass is 308 g/mol. The standard InChI is InChI=1S/C13H25ClN2O2S/c1-11-8-15(7-5-13(11)14)9-12-4-3-6-16(10-12)19(2,17)18/h11-13H,3-10H2,1-2H3. The second-order valence-electron chi connectivity index (χ2n) is 6.17. The fraction of sp³-hybridized carbons (Fsp3) is 1.00. The van der Waals surface area contributed by atoms with Crippen molar-refractivity contribution in [3.63, 3.8) is 0 Å². The van der Waals surface area contributed by atoms with E-state index in [1.807, 2.05) is 0 Å². The van der Waals surface area contributed by atoms with Crippen molar-refractivity contribution in [2.75, 3.05) is 39.0 Å². The van der Waals surface area contributed by atoms with Gasteiger partial charge in [-0.2, -0.15) is 0 Å². The summed E-state index contributed by atoms with van der Waals surface area (Å²) in [5, 5.41) is 0.301. The second-order valence-corrected chi connectivity index (χ2v) is 8.71. The zero-order valence-electron chi connectivity index (χ0n) is 11.9. The molecule has 4 nitrogen and oxygen atoms in total. The van der Waals surface area contributed by atoms with Crippen LogP contribution in [0.3, 0.4) is 0 Å². The van der Waals surface area contributed by atoms with Gasteiger partial charge in [-0.1, -0.05) is 6.92 Å². The maximum Gasteiger partial charge on any atom is 0.211 e. The van der Waals surface area contributed by atoms with Gasteiger partial charge < -0.3 is 4.90 Å². The van der Waals surface area contributed by atoms with Crippen LogP contribution < -0.4 is 0 Å². The van der Waals surface area contributed by atoms with Gasteiger partial charge in [0, 0.05) is 31.6 Å². The Morgan fingerprint density at radius 2 is 1.95 bits per heavy atom. The highest BCUT2D eigenvalue weighted by atomic mass is 35.5. The van der Waals surface area contributed by atoms with Gasteiger partial charge in [-0.05, 0) is 37.6 Å². The molecule has 3 unspecified atom stereocenters. The van der Waals surface area contributed by atoms with Gasteiger partial charge in [0.2, 0.25) is 10.0 Å². The van der Waals surface area contributed by atoms with Crippen molar-refractivity contribution in [3.8, 4) is 0 Å². The van der Waals surface area contributed by atoms with Crippen LogP contribution >= 0.6 is 11.6 Å². The van der Waals surface area contributed by atoms with Crippen molar-refractivity contribution in [2.45, 2.75) is 31.6 Å². The van der Waals surface area contributed by atoms with Gasteiger partial charge in [-0.15, -0.1) is 11.6 Å². The highest BCUT2D eigenvalue weighted by Crippen LogP contribution is 2.25. The van der Waals surface area contributed by atoms with Gasteiger partial charge in [0.25, 0.3) is 0 Å². The van der Waals surface area contributed by atoms with E-state index < -0.39 is 10.0 Å². The van der Waals surface area contributed by atoms with Gasteiger partial charge in [-0.3, -0.25) is 0 Å². The molecule has 0 bridgehead atoms. The van der Waals surface area contributed by atoms with E-state index in [-0.39, 0.29) is 0 Å². The zero-order valence-corrected chi connectivity index (χ0v) is 13.5. The highest BCUT2D eigenvalue weighted by Gasteiger charge is 2.30. The van der Waals surface area contributed by atoms with Crippen molar-refractivity contribution in [3.05, 3.63) is 0 Å². The average molecular weight is 309 g/mol. The Morgan fingerprint density at radius 3 is 2.58 bits per heavy atom. The smallest absolute Gasteiger partial charge is 0.211 e. The lowest BCUT2D eigenvalue weighted by molar-refractivity contribution is 0.136. The molecule has 2 aliphatic rings. The Balaban J connectivity index is 1.86. The number of likely N-dealkylation sites (tertiary alicyclic amines) is 1. The molecule has 112 valence electrons. The van der Waals surface area contributed by atoms with Crippen molar-refractivity contribution in [1.29, 1.82) is 0 Å². The van der Waals surface area contributed by atoms with E-state index in [2.05, 4.69) is 11.8 Å². The maximum absolute atomic E-state index is 11.6. The number of sulfonamides is 1. The SMILES string of the molecule is CC1CN(CC2CCCN(S(C)(=O)=O)C2)CCC1Cl. The number of hydrogen-bond donors (Lipinski definition) is 0. The lowest BCUT2D eigenvalue weighted by atomic mass is 9.95. The predicted molar refractivity (Wildman–Crippen MR) is 79.0 cm³/mol. The van der Waals surface area contributed by atoms with E-state index in [9.17, 15) is 8.42 Å². The van der Waals surface area contributed by atoms with E-state index in [1.165, 1.54) is 6.26 Å². The molecule has 3 atom stereocenters. The number of hydrogen-bond acceptors (Lipinski definition) is 3. The minimum absolute atomic E-state index is 0.301. The van der Waals surface area contributed by atoms with Crippen LogP contribution in [0.25, 0.3) is 0 Å². The quantitative estimate of drug-likeness (QED) is 0.744.